The maximum absolute atomic E-state index is 13.4. The molecule has 220 valence electrons. The minimum absolute atomic E-state index is 0.282. The number of para-hydroxylation sites is 1. The predicted octanol–water partition coefficient (Wildman–Crippen LogP) is 6.58. The molecule has 0 spiro atoms. The van der Waals surface area contributed by atoms with Crippen LogP contribution in [0.25, 0.3) is 40.1 Å². The van der Waals surface area contributed by atoms with E-state index < -0.39 is 0 Å². The number of nitrogens with zero attached hydrogens (tertiary/aromatic N) is 5. The topological polar surface area (TPSA) is 74.3 Å². The molecule has 7 aromatic rings. The average molecular weight is 616 g/mol. The summed E-state index contributed by atoms with van der Waals surface area (Å²) in [5.74, 6) is 0.396. The van der Waals surface area contributed by atoms with Gasteiger partial charge in [0.15, 0.2) is 5.82 Å². The van der Waals surface area contributed by atoms with Crippen LogP contribution in [0.2, 0.25) is 0 Å². The Morgan fingerprint density at radius 1 is 0.822 bits per heavy atom. The molecule has 0 saturated carbocycles. The Bertz CT molecular complexity index is 2260. The zero-order valence-corrected chi connectivity index (χ0v) is 24.4. The maximum atomic E-state index is 13.4. The minimum atomic E-state index is -0.312. The highest BCUT2D eigenvalue weighted by atomic mass is 32.1. The van der Waals surface area contributed by atoms with Crippen molar-refractivity contribution in [1.82, 2.24) is 24.4 Å². The molecule has 0 aliphatic carbocycles. The van der Waals surface area contributed by atoms with Gasteiger partial charge in [-0.05, 0) is 71.8 Å². The van der Waals surface area contributed by atoms with Gasteiger partial charge in [0, 0.05) is 17.3 Å². The minimum Gasteiger partial charge on any atom is -0.489 e. The summed E-state index contributed by atoms with van der Waals surface area (Å²) in [6, 6.07) is 29.5. The molecule has 45 heavy (non-hydrogen) atoms. The van der Waals surface area contributed by atoms with Crippen molar-refractivity contribution in [3.8, 4) is 22.7 Å². The van der Waals surface area contributed by atoms with Crippen LogP contribution in [0.3, 0.4) is 0 Å². The summed E-state index contributed by atoms with van der Waals surface area (Å²) in [5, 5.41) is 9.25. The largest absolute Gasteiger partial charge is 0.489 e. The van der Waals surface area contributed by atoms with Crippen molar-refractivity contribution in [3.05, 3.63) is 158 Å². The summed E-state index contributed by atoms with van der Waals surface area (Å²) in [7, 11) is 0. The molecule has 4 aromatic carbocycles. The third kappa shape index (κ3) is 6.17. The first kappa shape index (κ1) is 28.1. The van der Waals surface area contributed by atoms with E-state index in [2.05, 4.69) is 10.1 Å². The normalized spacial score (nSPS) is 12.0. The van der Waals surface area contributed by atoms with E-state index in [0.29, 0.717) is 26.8 Å². The molecule has 0 aliphatic rings. The van der Waals surface area contributed by atoms with Crippen molar-refractivity contribution in [2.24, 2.45) is 0 Å². The van der Waals surface area contributed by atoms with Crippen molar-refractivity contribution in [2.75, 3.05) is 0 Å². The van der Waals surface area contributed by atoms with Crippen molar-refractivity contribution in [3.63, 3.8) is 0 Å². The molecule has 0 N–H and O–H groups in total. The summed E-state index contributed by atoms with van der Waals surface area (Å²) in [6.07, 6.45) is 7.12. The lowest BCUT2D eigenvalue weighted by Gasteiger charge is -2.08. The van der Waals surface area contributed by atoms with Gasteiger partial charge in [-0.15, -0.1) is 5.10 Å². The average Bonchev–Trinajstić information content (AvgIpc) is 3.75. The van der Waals surface area contributed by atoms with Gasteiger partial charge in [-0.25, -0.2) is 13.5 Å². The number of halogens is 2. The number of rotatable bonds is 8. The first-order valence-corrected chi connectivity index (χ1v) is 14.8. The van der Waals surface area contributed by atoms with Crippen LogP contribution < -0.4 is 14.8 Å². The molecule has 0 atom stereocenters. The quantitative estimate of drug-likeness (QED) is 0.193. The zero-order chi connectivity index (χ0) is 30.8. The Morgan fingerprint density at radius 2 is 1.58 bits per heavy atom. The van der Waals surface area contributed by atoms with Gasteiger partial charge in [-0.1, -0.05) is 72.0 Å². The van der Waals surface area contributed by atoms with E-state index in [1.807, 2.05) is 60.8 Å². The monoisotopic (exact) mass is 615 g/mol. The first-order valence-electron chi connectivity index (χ1n) is 14.0. The molecule has 0 fully saturated rings. The zero-order valence-electron chi connectivity index (χ0n) is 23.5. The summed E-state index contributed by atoms with van der Waals surface area (Å²) in [5.41, 5.74) is 4.40. The number of fused-ring (bicyclic) bond motifs is 1. The van der Waals surface area contributed by atoms with E-state index in [-0.39, 0.29) is 23.8 Å². The molecule has 0 aliphatic heterocycles. The second-order valence-corrected chi connectivity index (χ2v) is 11.1. The van der Waals surface area contributed by atoms with E-state index in [1.165, 1.54) is 40.1 Å². The molecular formula is C35H23F2N5O2S. The van der Waals surface area contributed by atoms with Crippen LogP contribution in [0.15, 0.2) is 114 Å². The fourth-order valence-corrected chi connectivity index (χ4v) is 5.62. The van der Waals surface area contributed by atoms with Gasteiger partial charge in [-0.3, -0.25) is 4.79 Å². The van der Waals surface area contributed by atoms with Crippen LogP contribution in [0.1, 0.15) is 22.5 Å². The highest BCUT2D eigenvalue weighted by Gasteiger charge is 2.15. The van der Waals surface area contributed by atoms with Crippen LogP contribution in [0.5, 0.6) is 5.75 Å². The van der Waals surface area contributed by atoms with Crippen LogP contribution in [-0.4, -0.2) is 24.4 Å². The summed E-state index contributed by atoms with van der Waals surface area (Å²) in [4.78, 5) is 18.3. The molecule has 0 bridgehead atoms. The SMILES string of the molecule is O=c1/c(=C/c2cn(-c3ccccc3)nc2-c2cccc(OCc3ccc(F)cc3)c2)sc2nc(/C=C/c3ccc(F)cc3)nn12. The fourth-order valence-electron chi connectivity index (χ4n) is 4.72. The second kappa shape index (κ2) is 12.1. The Morgan fingerprint density at radius 3 is 2.33 bits per heavy atom. The van der Waals surface area contributed by atoms with Crippen molar-refractivity contribution in [1.29, 1.82) is 0 Å². The fraction of sp³-hybridized carbons (Fsp3) is 0.0286. The number of thiazole rings is 1. The van der Waals surface area contributed by atoms with Crippen LogP contribution in [0.4, 0.5) is 8.78 Å². The number of ether oxygens (including phenoxy) is 1. The number of aromatic nitrogens is 5. The van der Waals surface area contributed by atoms with Gasteiger partial charge in [0.2, 0.25) is 4.96 Å². The van der Waals surface area contributed by atoms with Crippen molar-refractivity contribution < 1.29 is 13.5 Å². The Labute approximate surface area is 259 Å². The molecule has 3 aromatic heterocycles. The van der Waals surface area contributed by atoms with Crippen LogP contribution in [-0.2, 0) is 6.61 Å². The molecule has 0 amide bonds. The van der Waals surface area contributed by atoms with E-state index in [0.717, 1.165) is 27.9 Å². The Kier molecular flexibility index (Phi) is 7.54. The summed E-state index contributed by atoms with van der Waals surface area (Å²) >= 11 is 1.23. The lowest BCUT2D eigenvalue weighted by molar-refractivity contribution is 0.306. The summed E-state index contributed by atoms with van der Waals surface area (Å²) in [6.45, 7) is 0.282. The van der Waals surface area contributed by atoms with Gasteiger partial charge in [0.1, 0.15) is 29.7 Å². The third-order valence-electron chi connectivity index (χ3n) is 6.97. The lowest BCUT2D eigenvalue weighted by atomic mass is 10.1. The molecule has 0 unspecified atom stereocenters. The van der Waals surface area contributed by atoms with Crippen molar-refractivity contribution in [2.45, 2.75) is 6.61 Å². The number of hydrogen-bond acceptors (Lipinski definition) is 6. The number of benzene rings is 4. The standard InChI is InChI=1S/C35H23F2N5O2S/c36-27-14-9-23(10-15-27)13-18-32-38-35-42(39-32)34(43)31(45-35)20-26-21-41(29-6-2-1-3-7-29)40-33(26)25-5-4-8-30(19-25)44-22-24-11-16-28(37)17-12-24/h1-21H,22H2/b18-13+,31-20-. The highest BCUT2D eigenvalue weighted by molar-refractivity contribution is 7.15. The molecule has 7 rings (SSSR count). The lowest BCUT2D eigenvalue weighted by Crippen LogP contribution is -2.23. The number of hydrogen-bond donors (Lipinski definition) is 0. The van der Waals surface area contributed by atoms with Gasteiger partial charge in [0.25, 0.3) is 5.56 Å². The van der Waals surface area contributed by atoms with Gasteiger partial charge in [-0.2, -0.15) is 14.6 Å². The predicted molar refractivity (Wildman–Crippen MR) is 171 cm³/mol. The van der Waals surface area contributed by atoms with Gasteiger partial charge in [0.05, 0.1) is 10.2 Å². The molecule has 0 radical (unpaired) electrons. The van der Waals surface area contributed by atoms with Crippen LogP contribution in [0, 0.1) is 11.6 Å². The molecule has 3 heterocycles. The smallest absolute Gasteiger partial charge is 0.291 e. The second-order valence-electron chi connectivity index (χ2n) is 10.1. The molecule has 0 saturated heterocycles. The summed E-state index contributed by atoms with van der Waals surface area (Å²) < 4.78 is 36.0. The van der Waals surface area contributed by atoms with E-state index in [9.17, 15) is 13.6 Å². The Hall–Kier alpha value is -5.74. The van der Waals surface area contributed by atoms with Gasteiger partial charge >= 0.3 is 0 Å². The highest BCUT2D eigenvalue weighted by Crippen LogP contribution is 2.28. The Balaban J connectivity index is 1.23. The van der Waals surface area contributed by atoms with E-state index in [1.54, 1.807) is 47.2 Å². The molecular weight excluding hydrogens is 592 g/mol. The molecule has 7 nitrogen and oxygen atoms in total. The van der Waals surface area contributed by atoms with E-state index in [4.69, 9.17) is 9.84 Å². The van der Waals surface area contributed by atoms with Crippen molar-refractivity contribution >= 4 is 34.5 Å². The first-order chi connectivity index (χ1) is 22.0. The molecule has 10 heteroatoms. The van der Waals surface area contributed by atoms with Crippen LogP contribution >= 0.6 is 11.3 Å². The van der Waals surface area contributed by atoms with E-state index >= 15 is 0 Å². The third-order valence-corrected chi connectivity index (χ3v) is 7.93. The van der Waals surface area contributed by atoms with Gasteiger partial charge < -0.3 is 4.74 Å². The maximum Gasteiger partial charge on any atom is 0.291 e.